The van der Waals surface area contributed by atoms with E-state index < -0.39 is 11.7 Å². The zero-order chi connectivity index (χ0) is 19.4. The average molecular weight is 377 g/mol. The van der Waals surface area contributed by atoms with Crippen LogP contribution in [0.15, 0.2) is 53.1 Å². The summed E-state index contributed by atoms with van der Waals surface area (Å²) in [7, 11) is 1.81. The van der Waals surface area contributed by atoms with Crippen LogP contribution >= 0.6 is 0 Å². The molecule has 8 heteroatoms. The fraction of sp³-hybridized carbons (Fsp3) is 0.263. The summed E-state index contributed by atoms with van der Waals surface area (Å²) in [6, 6.07) is 10.2. The largest absolute Gasteiger partial charge is 0.458 e. The van der Waals surface area contributed by atoms with Crippen molar-refractivity contribution < 1.29 is 22.4 Å². The molecule has 0 aliphatic carbocycles. The predicted molar refractivity (Wildman–Crippen MR) is 92.5 cm³/mol. The number of amides is 1. The second-order valence-corrected chi connectivity index (χ2v) is 6.08. The first-order valence-electron chi connectivity index (χ1n) is 8.33. The maximum Gasteiger partial charge on any atom is 0.416 e. The minimum absolute atomic E-state index is 0.181. The van der Waals surface area contributed by atoms with Crippen LogP contribution in [-0.2, 0) is 31.0 Å². The molecule has 1 N–H and O–H groups in total. The van der Waals surface area contributed by atoms with Gasteiger partial charge in [0.15, 0.2) is 5.76 Å². The minimum Gasteiger partial charge on any atom is -0.458 e. The van der Waals surface area contributed by atoms with Crippen molar-refractivity contribution >= 4 is 5.91 Å². The van der Waals surface area contributed by atoms with Gasteiger partial charge < -0.3 is 9.73 Å². The second kappa shape index (κ2) is 7.69. The molecule has 0 saturated carbocycles. The first kappa shape index (κ1) is 18.8. The maximum absolute atomic E-state index is 12.5. The quantitative estimate of drug-likeness (QED) is 0.708. The van der Waals surface area contributed by atoms with Crippen molar-refractivity contribution in [1.82, 2.24) is 15.1 Å². The van der Waals surface area contributed by atoms with E-state index in [9.17, 15) is 18.0 Å². The van der Waals surface area contributed by atoms with Gasteiger partial charge in [0.25, 0.3) is 0 Å². The fourth-order valence-corrected chi connectivity index (χ4v) is 2.62. The Labute approximate surface area is 153 Å². The molecule has 3 rings (SSSR count). The van der Waals surface area contributed by atoms with Gasteiger partial charge in [-0.15, -0.1) is 0 Å². The van der Waals surface area contributed by atoms with Crippen LogP contribution in [0.3, 0.4) is 0 Å². The van der Waals surface area contributed by atoms with Gasteiger partial charge >= 0.3 is 6.18 Å². The van der Waals surface area contributed by atoms with Crippen molar-refractivity contribution in [3.63, 3.8) is 0 Å². The fourth-order valence-electron chi connectivity index (χ4n) is 2.62. The highest BCUT2D eigenvalue weighted by atomic mass is 19.4. The minimum atomic E-state index is -4.35. The van der Waals surface area contributed by atoms with E-state index in [1.54, 1.807) is 30.1 Å². The average Bonchev–Trinajstić information content (AvgIpc) is 3.26. The molecule has 0 spiro atoms. The number of halogens is 3. The zero-order valence-corrected chi connectivity index (χ0v) is 14.6. The predicted octanol–water partition coefficient (Wildman–Crippen LogP) is 3.95. The van der Waals surface area contributed by atoms with Crippen molar-refractivity contribution in [2.24, 2.45) is 7.05 Å². The number of hydrogen-bond acceptors (Lipinski definition) is 3. The van der Waals surface area contributed by atoms with E-state index in [-0.39, 0.29) is 18.9 Å². The summed E-state index contributed by atoms with van der Waals surface area (Å²) >= 11 is 0. The molecule has 2 heterocycles. The van der Waals surface area contributed by atoms with Crippen molar-refractivity contribution in [3.05, 3.63) is 65.5 Å². The third-order valence-corrected chi connectivity index (χ3v) is 4.12. The molecule has 0 aliphatic heterocycles. The molecule has 0 aliphatic rings. The van der Waals surface area contributed by atoms with Crippen LogP contribution in [0, 0.1) is 0 Å². The van der Waals surface area contributed by atoms with E-state index in [2.05, 4.69) is 10.4 Å². The van der Waals surface area contributed by atoms with E-state index in [1.165, 1.54) is 12.1 Å². The smallest absolute Gasteiger partial charge is 0.416 e. The molecule has 1 aromatic carbocycles. The Morgan fingerprint density at radius 2 is 1.89 bits per heavy atom. The van der Waals surface area contributed by atoms with Crippen LogP contribution in [0.25, 0.3) is 11.5 Å². The van der Waals surface area contributed by atoms with Gasteiger partial charge in [0.1, 0.15) is 11.5 Å². The lowest BCUT2D eigenvalue weighted by atomic mass is 10.1. The number of aromatic nitrogens is 2. The number of nitrogens with zero attached hydrogens (tertiary/aromatic N) is 2. The van der Waals surface area contributed by atoms with Crippen molar-refractivity contribution in [2.75, 3.05) is 0 Å². The van der Waals surface area contributed by atoms with Crippen molar-refractivity contribution in [2.45, 2.75) is 25.6 Å². The number of carbonyl (C=O) groups is 1. The number of nitrogens with one attached hydrogen (secondary N) is 1. The molecule has 27 heavy (non-hydrogen) atoms. The summed E-state index contributed by atoms with van der Waals surface area (Å²) in [5, 5.41) is 6.82. The summed E-state index contributed by atoms with van der Waals surface area (Å²) in [5.74, 6) is 1.06. The summed E-state index contributed by atoms with van der Waals surface area (Å²) in [5.41, 5.74) is 0.808. The molecule has 1 amide bonds. The Balaban J connectivity index is 1.48. The van der Waals surface area contributed by atoms with Crippen LogP contribution in [0.2, 0.25) is 0 Å². The summed E-state index contributed by atoms with van der Waals surface area (Å²) in [6.45, 7) is 0.240. The van der Waals surface area contributed by atoms with Gasteiger partial charge in [0, 0.05) is 19.7 Å². The molecule has 0 unspecified atom stereocenters. The van der Waals surface area contributed by atoms with Gasteiger partial charge in [-0.1, -0.05) is 12.1 Å². The van der Waals surface area contributed by atoms with E-state index in [1.807, 2.05) is 6.07 Å². The van der Waals surface area contributed by atoms with Crippen LogP contribution in [0.4, 0.5) is 13.2 Å². The number of aryl methyl sites for hydroxylation is 2. The highest BCUT2D eigenvalue weighted by Crippen LogP contribution is 2.29. The van der Waals surface area contributed by atoms with E-state index >= 15 is 0 Å². The zero-order valence-electron chi connectivity index (χ0n) is 14.6. The van der Waals surface area contributed by atoms with Gasteiger partial charge in [0.2, 0.25) is 5.91 Å². The van der Waals surface area contributed by atoms with Gasteiger partial charge in [0.05, 0.1) is 12.1 Å². The molecule has 0 fully saturated rings. The summed E-state index contributed by atoms with van der Waals surface area (Å²) in [4.78, 5) is 12.0. The number of carbonyl (C=O) groups excluding carboxylic acids is 1. The van der Waals surface area contributed by atoms with E-state index in [4.69, 9.17) is 4.42 Å². The number of alkyl halides is 3. The lowest BCUT2D eigenvalue weighted by Gasteiger charge is -2.08. The standard InChI is InChI=1S/C19H18F3N3O2/c1-25-16(10-11-24-25)17-8-7-15(27-17)12-23-18(26)9-4-13-2-5-14(6-3-13)19(20,21)22/h2-3,5-8,10-11H,4,9,12H2,1H3,(H,23,26). The number of benzene rings is 1. The monoisotopic (exact) mass is 377 g/mol. The number of rotatable bonds is 6. The highest BCUT2D eigenvalue weighted by Gasteiger charge is 2.29. The molecular formula is C19H18F3N3O2. The van der Waals surface area contributed by atoms with Crippen molar-refractivity contribution in [3.8, 4) is 11.5 Å². The normalized spacial score (nSPS) is 11.6. The molecule has 0 atom stereocenters. The van der Waals surface area contributed by atoms with Crippen molar-refractivity contribution in [1.29, 1.82) is 0 Å². The molecule has 2 aromatic heterocycles. The summed E-state index contributed by atoms with van der Waals surface area (Å²) < 4.78 is 45.0. The first-order valence-corrected chi connectivity index (χ1v) is 8.33. The molecular weight excluding hydrogens is 359 g/mol. The molecule has 0 bridgehead atoms. The molecule has 0 saturated heterocycles. The first-order chi connectivity index (χ1) is 12.8. The lowest BCUT2D eigenvalue weighted by Crippen LogP contribution is -2.22. The Bertz CT molecular complexity index is 911. The Morgan fingerprint density at radius 1 is 1.15 bits per heavy atom. The Kier molecular flexibility index (Phi) is 5.34. The lowest BCUT2D eigenvalue weighted by molar-refractivity contribution is -0.137. The van der Waals surface area contributed by atoms with Crippen LogP contribution < -0.4 is 5.32 Å². The van der Waals surface area contributed by atoms with Gasteiger partial charge in [-0.2, -0.15) is 18.3 Å². The van der Waals surface area contributed by atoms with E-state index in [0.29, 0.717) is 23.5 Å². The van der Waals surface area contributed by atoms with Crippen LogP contribution in [-0.4, -0.2) is 15.7 Å². The third kappa shape index (κ3) is 4.78. The number of furan rings is 1. The molecule has 5 nitrogen and oxygen atoms in total. The molecule has 0 radical (unpaired) electrons. The molecule has 142 valence electrons. The summed E-state index contributed by atoms with van der Waals surface area (Å²) in [6.07, 6.45) is -2.14. The van der Waals surface area contributed by atoms with Gasteiger partial charge in [-0.05, 0) is 42.3 Å². The highest BCUT2D eigenvalue weighted by molar-refractivity contribution is 5.76. The van der Waals surface area contributed by atoms with Gasteiger partial charge in [-0.25, -0.2) is 0 Å². The van der Waals surface area contributed by atoms with E-state index in [0.717, 1.165) is 17.8 Å². The second-order valence-electron chi connectivity index (χ2n) is 6.08. The Morgan fingerprint density at radius 3 is 2.52 bits per heavy atom. The third-order valence-electron chi connectivity index (χ3n) is 4.12. The SMILES string of the molecule is Cn1nccc1-c1ccc(CNC(=O)CCc2ccc(C(F)(F)F)cc2)o1. The maximum atomic E-state index is 12.5. The topological polar surface area (TPSA) is 60.1 Å². The Hall–Kier alpha value is -3.03. The van der Waals surface area contributed by atoms with Gasteiger partial charge in [-0.3, -0.25) is 9.48 Å². The molecule has 3 aromatic rings. The van der Waals surface area contributed by atoms with Crippen LogP contribution in [0.5, 0.6) is 0 Å². The number of hydrogen-bond donors (Lipinski definition) is 1. The van der Waals surface area contributed by atoms with Crippen LogP contribution in [0.1, 0.15) is 23.3 Å².